The van der Waals surface area contributed by atoms with Crippen molar-refractivity contribution in [3.8, 4) is 5.75 Å². The minimum atomic E-state index is 0.485. The molecule has 19 heavy (non-hydrogen) atoms. The number of methoxy groups -OCH3 is 1. The highest BCUT2D eigenvalue weighted by Gasteiger charge is 2.09. The van der Waals surface area contributed by atoms with Gasteiger partial charge >= 0.3 is 0 Å². The number of anilines is 3. The van der Waals surface area contributed by atoms with Crippen LogP contribution >= 0.6 is 27.5 Å². The van der Waals surface area contributed by atoms with Gasteiger partial charge in [-0.2, -0.15) is 0 Å². The van der Waals surface area contributed by atoms with Crippen LogP contribution in [0.1, 0.15) is 0 Å². The van der Waals surface area contributed by atoms with Gasteiger partial charge in [0.1, 0.15) is 22.4 Å². The molecule has 1 aromatic carbocycles. The van der Waals surface area contributed by atoms with Crippen LogP contribution in [0.2, 0.25) is 5.02 Å². The van der Waals surface area contributed by atoms with Gasteiger partial charge in [-0.25, -0.2) is 15.8 Å². The summed E-state index contributed by atoms with van der Waals surface area (Å²) in [7, 11) is 1.56. The SMILES string of the molecule is COc1cc(Nc2ncnc(NN)c2Br)ccc1Cl. The Bertz CT molecular complexity index is 595. The first-order valence-corrected chi connectivity index (χ1v) is 6.40. The first-order chi connectivity index (χ1) is 9.15. The summed E-state index contributed by atoms with van der Waals surface area (Å²) in [5, 5.41) is 3.66. The van der Waals surface area contributed by atoms with E-state index in [1.54, 1.807) is 19.2 Å². The zero-order chi connectivity index (χ0) is 13.8. The van der Waals surface area contributed by atoms with Gasteiger partial charge in [-0.3, -0.25) is 0 Å². The van der Waals surface area contributed by atoms with Gasteiger partial charge in [-0.1, -0.05) is 11.6 Å². The molecule has 0 unspecified atom stereocenters. The molecule has 6 nitrogen and oxygen atoms in total. The third-order valence-corrected chi connectivity index (χ3v) is 3.40. The van der Waals surface area contributed by atoms with Gasteiger partial charge in [-0.15, -0.1) is 0 Å². The Labute approximate surface area is 123 Å². The van der Waals surface area contributed by atoms with Crippen molar-refractivity contribution in [3.05, 3.63) is 34.0 Å². The van der Waals surface area contributed by atoms with Gasteiger partial charge in [0.2, 0.25) is 0 Å². The minimum absolute atomic E-state index is 0.485. The summed E-state index contributed by atoms with van der Waals surface area (Å²) >= 11 is 9.33. The van der Waals surface area contributed by atoms with Crippen molar-refractivity contribution < 1.29 is 4.74 Å². The maximum Gasteiger partial charge on any atom is 0.159 e. The zero-order valence-corrected chi connectivity index (χ0v) is 12.3. The van der Waals surface area contributed by atoms with Crippen molar-refractivity contribution in [2.75, 3.05) is 17.9 Å². The molecule has 0 atom stereocenters. The topological polar surface area (TPSA) is 85.1 Å². The number of nitrogens with two attached hydrogens (primary N) is 1. The standard InChI is InChI=1S/C11H11BrClN5O/c1-19-8-4-6(2-3-7(8)13)17-10-9(12)11(18-14)16-5-15-10/h2-5H,14H2,1H3,(H2,15,16,17,18). The van der Waals surface area contributed by atoms with Crippen molar-refractivity contribution in [3.63, 3.8) is 0 Å². The Morgan fingerprint density at radius 2 is 2.05 bits per heavy atom. The van der Waals surface area contributed by atoms with Gasteiger partial charge in [0.05, 0.1) is 12.1 Å². The molecule has 1 aromatic heterocycles. The highest BCUT2D eigenvalue weighted by atomic mass is 79.9. The van der Waals surface area contributed by atoms with Crippen molar-refractivity contribution >= 4 is 44.9 Å². The highest BCUT2D eigenvalue weighted by molar-refractivity contribution is 9.10. The number of rotatable bonds is 4. The van der Waals surface area contributed by atoms with Gasteiger partial charge in [-0.05, 0) is 28.1 Å². The van der Waals surface area contributed by atoms with Gasteiger partial charge in [0, 0.05) is 11.8 Å². The lowest BCUT2D eigenvalue weighted by atomic mass is 10.3. The van der Waals surface area contributed by atoms with Crippen molar-refractivity contribution in [1.82, 2.24) is 9.97 Å². The zero-order valence-electron chi connectivity index (χ0n) is 9.95. The Balaban J connectivity index is 2.31. The van der Waals surface area contributed by atoms with E-state index in [2.05, 4.69) is 36.6 Å². The van der Waals surface area contributed by atoms with Crippen LogP contribution in [0.15, 0.2) is 29.0 Å². The van der Waals surface area contributed by atoms with Gasteiger partial charge in [0.15, 0.2) is 5.82 Å². The number of halogens is 2. The van der Waals surface area contributed by atoms with Crippen LogP contribution in [0.25, 0.3) is 0 Å². The molecule has 8 heteroatoms. The predicted molar refractivity (Wildman–Crippen MR) is 78.8 cm³/mol. The van der Waals surface area contributed by atoms with Crippen LogP contribution in [0, 0.1) is 0 Å². The number of hydrazine groups is 1. The van der Waals surface area contributed by atoms with E-state index in [4.69, 9.17) is 22.2 Å². The van der Waals surface area contributed by atoms with E-state index in [1.165, 1.54) is 6.33 Å². The molecule has 0 bridgehead atoms. The van der Waals surface area contributed by atoms with Crippen LogP contribution in [0.4, 0.5) is 17.3 Å². The summed E-state index contributed by atoms with van der Waals surface area (Å²) in [5.41, 5.74) is 3.25. The number of ether oxygens (including phenoxy) is 1. The molecule has 4 N–H and O–H groups in total. The summed E-state index contributed by atoms with van der Waals surface area (Å²) in [6.07, 6.45) is 1.40. The molecular formula is C11H11BrClN5O. The quantitative estimate of drug-likeness (QED) is 0.584. The molecule has 1 heterocycles. The molecule has 0 amide bonds. The molecule has 2 aromatic rings. The van der Waals surface area contributed by atoms with Crippen molar-refractivity contribution in [2.24, 2.45) is 5.84 Å². The summed E-state index contributed by atoms with van der Waals surface area (Å²) in [6, 6.07) is 5.32. The summed E-state index contributed by atoms with van der Waals surface area (Å²) in [4.78, 5) is 8.09. The van der Waals surface area contributed by atoms with Crippen molar-refractivity contribution in [2.45, 2.75) is 0 Å². The van der Waals surface area contributed by atoms with Crippen LogP contribution < -0.4 is 21.3 Å². The fourth-order valence-electron chi connectivity index (χ4n) is 1.43. The number of hydrogen-bond acceptors (Lipinski definition) is 6. The fourth-order valence-corrected chi connectivity index (χ4v) is 2.04. The summed E-state index contributed by atoms with van der Waals surface area (Å²) in [5.74, 6) is 6.98. The molecule has 0 aliphatic carbocycles. The number of hydrogen-bond donors (Lipinski definition) is 3. The third-order valence-electron chi connectivity index (χ3n) is 2.34. The van der Waals surface area contributed by atoms with E-state index in [9.17, 15) is 0 Å². The fraction of sp³-hybridized carbons (Fsp3) is 0.0909. The Kier molecular flexibility index (Phi) is 4.41. The van der Waals surface area contributed by atoms with Crippen molar-refractivity contribution in [1.29, 1.82) is 0 Å². The van der Waals surface area contributed by atoms with E-state index in [0.717, 1.165) is 5.69 Å². The van der Waals surface area contributed by atoms with Gasteiger partial charge in [0.25, 0.3) is 0 Å². The first-order valence-electron chi connectivity index (χ1n) is 5.23. The normalized spacial score (nSPS) is 10.1. The second-order valence-corrected chi connectivity index (χ2v) is 4.70. The van der Waals surface area contributed by atoms with E-state index < -0.39 is 0 Å². The first kappa shape index (κ1) is 13.9. The van der Waals surface area contributed by atoms with Crippen LogP contribution in [-0.2, 0) is 0 Å². The second kappa shape index (κ2) is 6.05. The van der Waals surface area contributed by atoms with E-state index in [0.29, 0.717) is 26.9 Å². The Morgan fingerprint density at radius 3 is 2.74 bits per heavy atom. The van der Waals surface area contributed by atoms with Crippen LogP contribution in [0.5, 0.6) is 5.75 Å². The molecule has 100 valence electrons. The lowest BCUT2D eigenvalue weighted by Gasteiger charge is -2.11. The maximum atomic E-state index is 5.96. The molecule has 0 fully saturated rings. The summed E-state index contributed by atoms with van der Waals surface area (Å²) < 4.78 is 5.78. The van der Waals surface area contributed by atoms with Gasteiger partial charge < -0.3 is 15.5 Å². The minimum Gasteiger partial charge on any atom is -0.495 e. The summed E-state index contributed by atoms with van der Waals surface area (Å²) in [6.45, 7) is 0. The molecule has 0 aliphatic heterocycles. The molecule has 0 saturated heterocycles. The number of aromatic nitrogens is 2. The van der Waals surface area contributed by atoms with E-state index >= 15 is 0 Å². The molecule has 0 aliphatic rings. The smallest absolute Gasteiger partial charge is 0.159 e. The number of nitrogen functional groups attached to an aromatic ring is 1. The average molecular weight is 345 g/mol. The number of benzene rings is 1. The van der Waals surface area contributed by atoms with E-state index in [1.807, 2.05) is 6.07 Å². The second-order valence-electron chi connectivity index (χ2n) is 3.50. The Hall–Kier alpha value is -1.57. The van der Waals surface area contributed by atoms with Crippen LogP contribution in [0.3, 0.4) is 0 Å². The highest BCUT2D eigenvalue weighted by Crippen LogP contribution is 2.32. The third kappa shape index (κ3) is 3.06. The predicted octanol–water partition coefficient (Wildman–Crippen LogP) is 2.93. The lowest BCUT2D eigenvalue weighted by Crippen LogP contribution is -2.10. The van der Waals surface area contributed by atoms with E-state index in [-0.39, 0.29) is 0 Å². The largest absolute Gasteiger partial charge is 0.495 e. The lowest BCUT2D eigenvalue weighted by molar-refractivity contribution is 0.415. The monoisotopic (exact) mass is 343 g/mol. The molecular weight excluding hydrogens is 334 g/mol. The molecule has 0 spiro atoms. The Morgan fingerprint density at radius 1 is 1.32 bits per heavy atom. The number of nitrogens with one attached hydrogen (secondary N) is 2. The molecule has 2 rings (SSSR count). The molecule has 0 radical (unpaired) electrons. The number of nitrogens with zero attached hydrogens (tertiary/aromatic N) is 2. The molecule has 0 saturated carbocycles. The average Bonchev–Trinajstić information content (AvgIpc) is 2.43. The maximum absolute atomic E-state index is 5.96. The van der Waals surface area contributed by atoms with Crippen LogP contribution in [-0.4, -0.2) is 17.1 Å².